The number of benzene rings is 2. The summed E-state index contributed by atoms with van der Waals surface area (Å²) in [5.74, 6) is 0.739. The molecule has 2 atom stereocenters. The Hall–Kier alpha value is -4.97. The summed E-state index contributed by atoms with van der Waals surface area (Å²) in [4.78, 5) is 31.1. The Labute approximate surface area is 267 Å². The van der Waals surface area contributed by atoms with E-state index in [4.69, 9.17) is 21.7 Å². The number of nitro benzene ring substituents is 1. The number of methoxy groups -OCH3 is 2. The van der Waals surface area contributed by atoms with Gasteiger partial charge in [0, 0.05) is 34.8 Å². The minimum Gasteiger partial charge on any atom is -0.496 e. The van der Waals surface area contributed by atoms with Crippen LogP contribution in [-0.2, 0) is 4.79 Å². The number of carbonyl (C=O) groups is 1. The van der Waals surface area contributed by atoms with Gasteiger partial charge in [0.15, 0.2) is 5.11 Å². The van der Waals surface area contributed by atoms with Gasteiger partial charge in [-0.1, -0.05) is 26.8 Å². The Morgan fingerprint density at radius 3 is 2.44 bits per heavy atom. The summed E-state index contributed by atoms with van der Waals surface area (Å²) in [6, 6.07) is 17.4. The first-order chi connectivity index (χ1) is 21.3. The SMILES string of the molecule is COc1ccc(-n2c(C)cc(C3C(c4ccccn4)NC(=S)N3c3ccc(NC(=O)C(C)(C)C)c(OC)c3)c2C)c([N+](=O)[O-])c1. The van der Waals surface area contributed by atoms with E-state index in [0.717, 1.165) is 28.3 Å². The third-order valence-electron chi connectivity index (χ3n) is 7.90. The summed E-state index contributed by atoms with van der Waals surface area (Å²) in [5.41, 5.74) is 4.36. The summed E-state index contributed by atoms with van der Waals surface area (Å²) in [7, 11) is 3.03. The number of nitrogens with zero attached hydrogens (tertiary/aromatic N) is 4. The summed E-state index contributed by atoms with van der Waals surface area (Å²) in [6.07, 6.45) is 1.74. The third-order valence-corrected chi connectivity index (χ3v) is 8.21. The maximum absolute atomic E-state index is 12.8. The Bertz CT molecular complexity index is 1780. The molecule has 4 aromatic rings. The van der Waals surface area contributed by atoms with Crippen molar-refractivity contribution in [3.8, 4) is 17.2 Å². The van der Waals surface area contributed by atoms with Crippen LogP contribution in [0.3, 0.4) is 0 Å². The molecule has 0 bridgehead atoms. The third kappa shape index (κ3) is 5.93. The smallest absolute Gasteiger partial charge is 0.296 e. The van der Waals surface area contributed by atoms with Gasteiger partial charge in [0.05, 0.1) is 48.7 Å². The molecule has 2 N–H and O–H groups in total. The number of rotatable bonds is 8. The number of ether oxygens (including phenoxy) is 2. The molecule has 5 rings (SSSR count). The molecule has 0 saturated carbocycles. The highest BCUT2D eigenvalue weighted by atomic mass is 32.1. The van der Waals surface area contributed by atoms with Gasteiger partial charge in [-0.25, -0.2) is 0 Å². The van der Waals surface area contributed by atoms with Crippen molar-refractivity contribution in [1.82, 2.24) is 14.9 Å². The highest BCUT2D eigenvalue weighted by Gasteiger charge is 2.43. The zero-order chi connectivity index (χ0) is 32.6. The molecular formula is C33H36N6O5S. The number of hydrogen-bond donors (Lipinski definition) is 2. The number of anilines is 2. The predicted octanol–water partition coefficient (Wildman–Crippen LogP) is 6.58. The Balaban J connectivity index is 1.66. The van der Waals surface area contributed by atoms with E-state index in [1.54, 1.807) is 31.5 Å². The minimum atomic E-state index is -0.591. The van der Waals surface area contributed by atoms with Crippen molar-refractivity contribution in [2.45, 2.75) is 46.7 Å². The van der Waals surface area contributed by atoms with Crippen molar-refractivity contribution >= 4 is 40.3 Å². The summed E-state index contributed by atoms with van der Waals surface area (Å²) in [6.45, 7) is 9.39. The lowest BCUT2D eigenvalue weighted by Gasteiger charge is -2.29. The van der Waals surface area contributed by atoms with Crippen LogP contribution in [0.2, 0.25) is 0 Å². The van der Waals surface area contributed by atoms with Gasteiger partial charge in [0.1, 0.15) is 17.2 Å². The van der Waals surface area contributed by atoms with E-state index >= 15 is 0 Å². The highest BCUT2D eigenvalue weighted by Crippen LogP contribution is 2.45. The van der Waals surface area contributed by atoms with E-state index in [1.165, 1.54) is 13.2 Å². The number of aryl methyl sites for hydroxylation is 1. The van der Waals surface area contributed by atoms with Crippen LogP contribution in [0.1, 0.15) is 55.5 Å². The molecule has 45 heavy (non-hydrogen) atoms. The van der Waals surface area contributed by atoms with Crippen LogP contribution in [0, 0.1) is 29.4 Å². The molecular weight excluding hydrogens is 592 g/mol. The van der Waals surface area contributed by atoms with E-state index in [2.05, 4.69) is 15.6 Å². The molecule has 1 saturated heterocycles. The topological polar surface area (TPSA) is 124 Å². The van der Waals surface area contributed by atoms with Crippen molar-refractivity contribution in [3.05, 3.63) is 99.6 Å². The van der Waals surface area contributed by atoms with E-state index < -0.39 is 10.3 Å². The van der Waals surface area contributed by atoms with Crippen LogP contribution >= 0.6 is 12.2 Å². The first-order valence-electron chi connectivity index (χ1n) is 14.4. The number of thiocarbonyl (C=S) groups is 1. The molecule has 0 aliphatic carbocycles. The van der Waals surface area contributed by atoms with Gasteiger partial charge in [-0.3, -0.25) is 19.9 Å². The highest BCUT2D eigenvalue weighted by molar-refractivity contribution is 7.80. The van der Waals surface area contributed by atoms with Crippen LogP contribution in [0.15, 0.2) is 66.9 Å². The lowest BCUT2D eigenvalue weighted by atomic mass is 9.95. The van der Waals surface area contributed by atoms with E-state index in [0.29, 0.717) is 28.0 Å². The summed E-state index contributed by atoms with van der Waals surface area (Å²) < 4.78 is 12.9. The van der Waals surface area contributed by atoms with Crippen molar-refractivity contribution in [1.29, 1.82) is 0 Å². The van der Waals surface area contributed by atoms with Crippen molar-refractivity contribution in [3.63, 3.8) is 0 Å². The van der Waals surface area contributed by atoms with E-state index in [1.807, 2.05) is 80.5 Å². The molecule has 1 fully saturated rings. The zero-order valence-corrected chi connectivity index (χ0v) is 27.1. The van der Waals surface area contributed by atoms with Gasteiger partial charge in [-0.15, -0.1) is 0 Å². The number of amides is 1. The average Bonchev–Trinajstić information content (AvgIpc) is 3.51. The maximum atomic E-state index is 12.8. The average molecular weight is 629 g/mol. The van der Waals surface area contributed by atoms with Crippen LogP contribution < -0.4 is 25.0 Å². The molecule has 2 unspecified atom stereocenters. The van der Waals surface area contributed by atoms with Gasteiger partial charge in [0.25, 0.3) is 5.69 Å². The zero-order valence-electron chi connectivity index (χ0n) is 26.2. The molecule has 0 radical (unpaired) electrons. The second kappa shape index (κ2) is 12.2. The molecule has 3 heterocycles. The number of hydrogen-bond acceptors (Lipinski definition) is 7. The van der Waals surface area contributed by atoms with Crippen molar-refractivity contribution in [2.75, 3.05) is 24.4 Å². The van der Waals surface area contributed by atoms with E-state index in [9.17, 15) is 14.9 Å². The molecule has 11 nitrogen and oxygen atoms in total. The minimum absolute atomic E-state index is 0.0708. The van der Waals surface area contributed by atoms with Crippen LogP contribution in [-0.4, -0.2) is 39.7 Å². The van der Waals surface area contributed by atoms with Crippen LogP contribution in [0.4, 0.5) is 17.1 Å². The summed E-state index contributed by atoms with van der Waals surface area (Å²) >= 11 is 5.93. The maximum Gasteiger partial charge on any atom is 0.296 e. The predicted molar refractivity (Wildman–Crippen MR) is 177 cm³/mol. The van der Waals surface area contributed by atoms with Gasteiger partial charge in [0.2, 0.25) is 5.91 Å². The second-order valence-electron chi connectivity index (χ2n) is 11.9. The largest absolute Gasteiger partial charge is 0.496 e. The fourth-order valence-corrected chi connectivity index (χ4v) is 5.96. The van der Waals surface area contributed by atoms with Gasteiger partial charge < -0.3 is 29.6 Å². The fourth-order valence-electron chi connectivity index (χ4n) is 5.62. The quantitative estimate of drug-likeness (QED) is 0.127. The lowest BCUT2D eigenvalue weighted by Crippen LogP contribution is -2.30. The Morgan fingerprint density at radius 2 is 1.82 bits per heavy atom. The number of nitrogens with one attached hydrogen (secondary N) is 2. The van der Waals surface area contributed by atoms with Gasteiger partial charge >= 0.3 is 0 Å². The first-order valence-corrected chi connectivity index (χ1v) is 14.8. The lowest BCUT2D eigenvalue weighted by molar-refractivity contribution is -0.384. The van der Waals surface area contributed by atoms with E-state index in [-0.39, 0.29) is 23.7 Å². The molecule has 2 aromatic heterocycles. The standard InChI is InChI=1S/C33H36N6O5S/c1-19-16-23(20(2)37(19)26-14-12-22(43-6)18-27(26)39(41)42)30-29(25-10-8-9-15-34-25)36-32(45)38(30)21-11-13-24(28(17-21)44-7)35-31(40)33(3,4)5/h8-18,29-30H,1-7H3,(H,35,40)(H,36,45). The van der Waals surface area contributed by atoms with Crippen molar-refractivity contribution < 1.29 is 19.2 Å². The Kier molecular flexibility index (Phi) is 8.53. The molecule has 12 heteroatoms. The summed E-state index contributed by atoms with van der Waals surface area (Å²) in [5, 5.41) is 19.0. The molecule has 0 spiro atoms. The van der Waals surface area contributed by atoms with Crippen LogP contribution in [0.25, 0.3) is 5.69 Å². The number of carbonyl (C=O) groups excluding carboxylic acids is 1. The van der Waals surface area contributed by atoms with Crippen LogP contribution in [0.5, 0.6) is 11.5 Å². The molecule has 2 aromatic carbocycles. The number of pyridine rings is 1. The normalized spacial score (nSPS) is 16.3. The first kappa shape index (κ1) is 31.5. The molecule has 234 valence electrons. The molecule has 1 amide bonds. The van der Waals surface area contributed by atoms with Gasteiger partial charge in [-0.05, 0) is 74.1 Å². The molecule has 1 aliphatic heterocycles. The second-order valence-corrected chi connectivity index (χ2v) is 12.2. The van der Waals surface area contributed by atoms with Gasteiger partial charge in [-0.2, -0.15) is 0 Å². The number of aromatic nitrogens is 2. The van der Waals surface area contributed by atoms with Crippen molar-refractivity contribution in [2.24, 2.45) is 5.41 Å². The fraction of sp³-hybridized carbons (Fsp3) is 0.303. The number of nitro groups is 1. The molecule has 1 aliphatic rings. The Morgan fingerprint density at radius 1 is 1.07 bits per heavy atom. The monoisotopic (exact) mass is 628 g/mol.